The van der Waals surface area contributed by atoms with Gasteiger partial charge in [0.2, 0.25) is 15.9 Å². The van der Waals surface area contributed by atoms with Crippen LogP contribution in [0.4, 0.5) is 4.39 Å². The average molecular weight is 494 g/mol. The molecule has 0 aliphatic carbocycles. The van der Waals surface area contributed by atoms with Gasteiger partial charge >= 0.3 is 0 Å². The molecule has 2 fully saturated rings. The fourth-order valence-corrected chi connectivity index (χ4v) is 7.09. The van der Waals surface area contributed by atoms with E-state index in [9.17, 15) is 17.6 Å². The third kappa shape index (κ3) is 5.82. The Balaban J connectivity index is 1.39. The van der Waals surface area contributed by atoms with Crippen LogP contribution < -0.4 is 5.32 Å². The van der Waals surface area contributed by atoms with Gasteiger partial charge < -0.3 is 5.32 Å². The molecule has 1 N–H and O–H groups in total. The van der Waals surface area contributed by atoms with Crippen LogP contribution in [0.15, 0.2) is 46.7 Å². The highest BCUT2D eigenvalue weighted by Crippen LogP contribution is 2.30. The maximum atomic E-state index is 13.2. The minimum absolute atomic E-state index is 0.0574. The lowest BCUT2D eigenvalue weighted by atomic mass is 9.97. The van der Waals surface area contributed by atoms with Crippen LogP contribution in [-0.2, 0) is 14.8 Å². The Morgan fingerprint density at radius 2 is 1.88 bits per heavy atom. The number of carbonyl (C=O) groups excluding carboxylic acids is 1. The van der Waals surface area contributed by atoms with E-state index in [4.69, 9.17) is 0 Å². The van der Waals surface area contributed by atoms with Crippen molar-refractivity contribution in [2.45, 2.75) is 43.5 Å². The number of nitrogens with one attached hydrogen (secondary N) is 1. The monoisotopic (exact) mass is 493 g/mol. The number of benzene rings is 1. The number of hydrogen-bond acceptors (Lipinski definition) is 5. The number of nitrogens with zero attached hydrogens (tertiary/aromatic N) is 2. The van der Waals surface area contributed by atoms with Gasteiger partial charge in [-0.25, -0.2) is 12.8 Å². The van der Waals surface area contributed by atoms with Crippen LogP contribution >= 0.6 is 11.3 Å². The number of thiophene rings is 1. The summed E-state index contributed by atoms with van der Waals surface area (Å²) >= 11 is 1.71. The molecule has 0 spiro atoms. The second-order valence-corrected chi connectivity index (χ2v) is 12.1. The maximum Gasteiger partial charge on any atom is 0.243 e. The zero-order valence-electron chi connectivity index (χ0n) is 19.0. The van der Waals surface area contributed by atoms with E-state index in [1.54, 1.807) is 11.3 Å². The summed E-state index contributed by atoms with van der Waals surface area (Å²) in [4.78, 5) is 16.8. The molecule has 2 saturated heterocycles. The van der Waals surface area contributed by atoms with E-state index < -0.39 is 15.8 Å². The topological polar surface area (TPSA) is 69.7 Å². The molecule has 9 heteroatoms. The van der Waals surface area contributed by atoms with Gasteiger partial charge in [0.25, 0.3) is 0 Å². The fraction of sp³-hybridized carbons (Fsp3) is 0.542. The van der Waals surface area contributed by atoms with E-state index in [2.05, 4.69) is 28.6 Å². The summed E-state index contributed by atoms with van der Waals surface area (Å²) in [6.07, 6.45) is 3.60. The highest BCUT2D eigenvalue weighted by atomic mass is 32.2. The highest BCUT2D eigenvalue weighted by molar-refractivity contribution is 7.89. The summed E-state index contributed by atoms with van der Waals surface area (Å²) < 4.78 is 40.6. The molecule has 4 rings (SSSR count). The second kappa shape index (κ2) is 10.6. The van der Waals surface area contributed by atoms with Gasteiger partial charge in [-0.2, -0.15) is 4.31 Å². The molecule has 6 nitrogen and oxygen atoms in total. The van der Waals surface area contributed by atoms with E-state index >= 15 is 0 Å². The van der Waals surface area contributed by atoms with Crippen LogP contribution in [0, 0.1) is 17.7 Å². The number of amides is 1. The van der Waals surface area contributed by atoms with Gasteiger partial charge in [0, 0.05) is 24.5 Å². The lowest BCUT2D eigenvalue weighted by Gasteiger charge is -2.37. The Kier molecular flexibility index (Phi) is 7.83. The number of halogens is 1. The van der Waals surface area contributed by atoms with Crippen LogP contribution in [0.2, 0.25) is 0 Å². The number of hydrogen-bond donors (Lipinski definition) is 1. The summed E-state index contributed by atoms with van der Waals surface area (Å²) in [6.45, 7) is 5.37. The average Bonchev–Trinajstić information content (AvgIpc) is 3.35. The summed E-state index contributed by atoms with van der Waals surface area (Å²) in [5.41, 5.74) is 0. The Morgan fingerprint density at radius 1 is 1.15 bits per heavy atom. The predicted molar refractivity (Wildman–Crippen MR) is 128 cm³/mol. The Morgan fingerprint density at radius 3 is 2.55 bits per heavy atom. The third-order valence-electron chi connectivity index (χ3n) is 6.81. The molecule has 3 heterocycles. The molecular weight excluding hydrogens is 461 g/mol. The number of piperidine rings is 2. The van der Waals surface area contributed by atoms with Crippen molar-refractivity contribution in [3.63, 3.8) is 0 Å². The highest BCUT2D eigenvalue weighted by Gasteiger charge is 2.34. The van der Waals surface area contributed by atoms with Crippen LogP contribution in [0.25, 0.3) is 0 Å². The van der Waals surface area contributed by atoms with Gasteiger partial charge in [-0.1, -0.05) is 13.0 Å². The van der Waals surface area contributed by atoms with Crippen molar-refractivity contribution in [3.05, 3.63) is 52.5 Å². The molecule has 0 unspecified atom stereocenters. The standard InChI is InChI=1S/C24H32FN3O3S2/c1-18-10-13-27(14-11-18)22(23-5-3-15-32-23)16-26-24(29)19-4-2-12-28(17-19)33(30,31)21-8-6-20(25)7-9-21/h3,5-9,15,18-19,22H,2,4,10-14,16-17H2,1H3,(H,26,29)/t19-,22-/m0/s1. The Hall–Kier alpha value is -1.81. The second-order valence-electron chi connectivity index (χ2n) is 9.15. The normalized spacial score (nSPS) is 22.2. The lowest BCUT2D eigenvalue weighted by Crippen LogP contribution is -2.47. The van der Waals surface area contributed by atoms with Gasteiger partial charge in [0.15, 0.2) is 0 Å². The van der Waals surface area contributed by atoms with Gasteiger partial charge in [0.05, 0.1) is 16.9 Å². The predicted octanol–water partition coefficient (Wildman–Crippen LogP) is 3.88. The molecule has 2 aliphatic rings. The van der Waals surface area contributed by atoms with Crippen molar-refractivity contribution in [3.8, 4) is 0 Å². The van der Waals surface area contributed by atoms with Crippen molar-refractivity contribution in [1.82, 2.24) is 14.5 Å². The zero-order valence-corrected chi connectivity index (χ0v) is 20.6. The van der Waals surface area contributed by atoms with Crippen molar-refractivity contribution in [2.24, 2.45) is 11.8 Å². The minimum Gasteiger partial charge on any atom is -0.354 e. The Labute approximate surface area is 199 Å². The maximum absolute atomic E-state index is 13.2. The quantitative estimate of drug-likeness (QED) is 0.636. The van der Waals surface area contributed by atoms with Gasteiger partial charge in [0.1, 0.15) is 5.82 Å². The zero-order chi connectivity index (χ0) is 23.4. The van der Waals surface area contributed by atoms with Crippen molar-refractivity contribution in [2.75, 3.05) is 32.7 Å². The van der Waals surface area contributed by atoms with Crippen LogP contribution in [0.5, 0.6) is 0 Å². The molecule has 2 aromatic rings. The van der Waals surface area contributed by atoms with Crippen LogP contribution in [0.1, 0.15) is 43.5 Å². The molecular formula is C24H32FN3O3S2. The van der Waals surface area contributed by atoms with E-state index in [0.29, 0.717) is 25.9 Å². The summed E-state index contributed by atoms with van der Waals surface area (Å²) in [6, 6.07) is 9.15. The Bertz CT molecular complexity index is 1020. The first-order valence-electron chi connectivity index (χ1n) is 11.7. The molecule has 0 radical (unpaired) electrons. The number of likely N-dealkylation sites (tertiary alicyclic amines) is 1. The molecule has 1 amide bonds. The van der Waals surface area contributed by atoms with Gasteiger partial charge in [-0.15, -0.1) is 11.3 Å². The first-order valence-corrected chi connectivity index (χ1v) is 14.0. The molecule has 2 aliphatic heterocycles. The van der Waals surface area contributed by atoms with Crippen molar-refractivity contribution >= 4 is 27.3 Å². The van der Waals surface area contributed by atoms with Crippen LogP contribution in [-0.4, -0.2) is 56.3 Å². The molecule has 1 aromatic heterocycles. The summed E-state index contributed by atoms with van der Waals surface area (Å²) in [5, 5.41) is 5.19. The fourth-order valence-electron chi connectivity index (χ4n) is 4.70. The van der Waals surface area contributed by atoms with Crippen molar-refractivity contribution in [1.29, 1.82) is 0 Å². The molecule has 1 aromatic carbocycles. The van der Waals surface area contributed by atoms with E-state index in [1.807, 2.05) is 6.07 Å². The van der Waals surface area contributed by atoms with Gasteiger partial charge in [-0.3, -0.25) is 9.69 Å². The van der Waals surface area contributed by atoms with E-state index in [1.165, 1.54) is 21.3 Å². The number of carbonyl (C=O) groups is 1. The third-order valence-corrected chi connectivity index (χ3v) is 9.66. The smallest absolute Gasteiger partial charge is 0.243 e. The largest absolute Gasteiger partial charge is 0.354 e. The van der Waals surface area contributed by atoms with E-state index in [0.717, 1.165) is 44.0 Å². The number of sulfonamides is 1. The molecule has 0 bridgehead atoms. The lowest BCUT2D eigenvalue weighted by molar-refractivity contribution is -0.126. The summed E-state index contributed by atoms with van der Waals surface area (Å²) in [5.74, 6) is -0.232. The SMILES string of the molecule is CC1CCN([C@@H](CNC(=O)[C@H]2CCCN(S(=O)(=O)c3ccc(F)cc3)C2)c2cccs2)CC1. The number of rotatable bonds is 7. The summed E-state index contributed by atoms with van der Waals surface area (Å²) in [7, 11) is -3.75. The first kappa shape index (κ1) is 24.3. The van der Waals surface area contributed by atoms with Crippen LogP contribution in [0.3, 0.4) is 0 Å². The molecule has 33 heavy (non-hydrogen) atoms. The first-order chi connectivity index (χ1) is 15.8. The molecule has 2 atom stereocenters. The molecule has 180 valence electrons. The van der Waals surface area contributed by atoms with Gasteiger partial charge in [-0.05, 0) is 80.4 Å². The van der Waals surface area contributed by atoms with Crippen molar-refractivity contribution < 1.29 is 17.6 Å². The minimum atomic E-state index is -3.75. The van der Waals surface area contributed by atoms with E-state index in [-0.39, 0.29) is 29.3 Å². The molecule has 0 saturated carbocycles.